The van der Waals surface area contributed by atoms with Crippen LogP contribution in [0, 0.1) is 0 Å². The summed E-state index contributed by atoms with van der Waals surface area (Å²) in [6.45, 7) is 2.48. The summed E-state index contributed by atoms with van der Waals surface area (Å²) < 4.78 is 25.3. The van der Waals surface area contributed by atoms with Gasteiger partial charge in [0, 0.05) is 32.7 Å². The second-order valence-electron chi connectivity index (χ2n) is 4.51. The highest BCUT2D eigenvalue weighted by molar-refractivity contribution is 7.89. The minimum atomic E-state index is -3.45. The molecule has 9 heteroatoms. The highest BCUT2D eigenvalue weighted by Crippen LogP contribution is 2.09. The molecule has 0 saturated carbocycles. The molecule has 0 amide bonds. The molecule has 112 valence electrons. The fourth-order valence-corrected chi connectivity index (χ4v) is 3.43. The Labute approximate surface area is 112 Å². The molecular formula is C10H21N3O5S. The van der Waals surface area contributed by atoms with Crippen LogP contribution in [0.25, 0.3) is 0 Å². The number of hydrogen-bond acceptors (Lipinski definition) is 6. The number of aliphatic hydroxyl groups excluding tert-OH is 1. The average molecular weight is 295 g/mol. The summed E-state index contributed by atoms with van der Waals surface area (Å²) in [5.41, 5.74) is 5.30. The van der Waals surface area contributed by atoms with Crippen molar-refractivity contribution < 1.29 is 23.4 Å². The minimum Gasteiger partial charge on any atom is -0.480 e. The number of rotatable bonds is 7. The van der Waals surface area contributed by atoms with Crippen molar-refractivity contribution in [3.63, 3.8) is 0 Å². The number of hydrogen-bond donors (Lipinski definition) is 3. The third-order valence-corrected chi connectivity index (χ3v) is 5.05. The molecule has 0 aromatic carbocycles. The first kappa shape index (κ1) is 16.3. The molecule has 0 aromatic rings. The van der Waals surface area contributed by atoms with E-state index in [9.17, 15) is 13.2 Å². The molecule has 19 heavy (non-hydrogen) atoms. The van der Waals surface area contributed by atoms with Gasteiger partial charge in [0.1, 0.15) is 6.04 Å². The molecule has 1 rings (SSSR count). The number of nitrogens with zero attached hydrogens (tertiary/aromatic N) is 2. The van der Waals surface area contributed by atoms with Crippen LogP contribution in [0.5, 0.6) is 0 Å². The Morgan fingerprint density at radius 3 is 2.32 bits per heavy atom. The number of carboxylic acids is 1. The Bertz CT molecular complexity index is 392. The molecule has 0 spiro atoms. The zero-order valence-electron chi connectivity index (χ0n) is 10.7. The number of carboxylic acid groups (broad SMARTS) is 1. The smallest absolute Gasteiger partial charge is 0.320 e. The fraction of sp³-hybridized carbons (Fsp3) is 0.900. The predicted octanol–water partition coefficient (Wildman–Crippen LogP) is -2.27. The zero-order valence-corrected chi connectivity index (χ0v) is 11.5. The van der Waals surface area contributed by atoms with E-state index in [0.29, 0.717) is 32.7 Å². The van der Waals surface area contributed by atoms with Crippen molar-refractivity contribution in [2.75, 3.05) is 45.1 Å². The maximum atomic E-state index is 12.0. The molecular weight excluding hydrogens is 274 g/mol. The van der Waals surface area contributed by atoms with Gasteiger partial charge in [0.05, 0.1) is 12.4 Å². The first-order valence-electron chi connectivity index (χ1n) is 6.16. The molecule has 1 aliphatic heterocycles. The quantitative estimate of drug-likeness (QED) is 0.483. The average Bonchev–Trinajstić information content (AvgIpc) is 2.37. The number of nitrogens with two attached hydrogens (primary N) is 1. The summed E-state index contributed by atoms with van der Waals surface area (Å²) in [6, 6.07) is -1.15. The van der Waals surface area contributed by atoms with Gasteiger partial charge in [0.25, 0.3) is 0 Å². The fourth-order valence-electron chi connectivity index (χ4n) is 1.90. The summed E-state index contributed by atoms with van der Waals surface area (Å²) in [5.74, 6) is -1.44. The Hall–Kier alpha value is -0.740. The standard InChI is InChI=1S/C10H21N3O5S/c11-9(10(15)16)1-8-19(17,18)13-4-2-12(3-5-13)6-7-14/h9,14H,1-8,11H2,(H,15,16)/t9-/m0/s1. The lowest BCUT2D eigenvalue weighted by molar-refractivity contribution is -0.138. The van der Waals surface area contributed by atoms with Gasteiger partial charge in [-0.2, -0.15) is 4.31 Å². The van der Waals surface area contributed by atoms with Crippen molar-refractivity contribution in [1.82, 2.24) is 9.21 Å². The molecule has 0 radical (unpaired) electrons. The van der Waals surface area contributed by atoms with Crippen molar-refractivity contribution in [3.8, 4) is 0 Å². The number of sulfonamides is 1. The lowest BCUT2D eigenvalue weighted by atomic mass is 10.2. The first-order chi connectivity index (χ1) is 8.86. The van der Waals surface area contributed by atoms with Gasteiger partial charge in [-0.05, 0) is 6.42 Å². The summed E-state index contributed by atoms with van der Waals surface area (Å²) in [5, 5.41) is 17.4. The van der Waals surface area contributed by atoms with Gasteiger partial charge in [-0.1, -0.05) is 0 Å². The van der Waals surface area contributed by atoms with E-state index in [1.807, 2.05) is 4.90 Å². The van der Waals surface area contributed by atoms with Crippen LogP contribution in [-0.4, -0.2) is 84.9 Å². The number of aliphatic hydroxyl groups is 1. The Balaban J connectivity index is 2.44. The van der Waals surface area contributed by atoms with Crippen molar-refractivity contribution in [2.45, 2.75) is 12.5 Å². The lowest BCUT2D eigenvalue weighted by Crippen LogP contribution is -2.50. The van der Waals surface area contributed by atoms with E-state index in [0.717, 1.165) is 0 Å². The number of β-amino-alcohol motifs (C(OH)–C–C–N with tert-alkyl or cyclic N) is 1. The van der Waals surface area contributed by atoms with E-state index in [1.165, 1.54) is 4.31 Å². The van der Waals surface area contributed by atoms with Crippen LogP contribution in [0.3, 0.4) is 0 Å². The second-order valence-corrected chi connectivity index (χ2v) is 6.60. The van der Waals surface area contributed by atoms with Gasteiger partial charge in [-0.25, -0.2) is 8.42 Å². The highest BCUT2D eigenvalue weighted by atomic mass is 32.2. The van der Waals surface area contributed by atoms with Crippen molar-refractivity contribution in [2.24, 2.45) is 5.73 Å². The lowest BCUT2D eigenvalue weighted by Gasteiger charge is -2.33. The molecule has 8 nitrogen and oxygen atoms in total. The molecule has 0 bridgehead atoms. The Kier molecular flexibility index (Phi) is 6.14. The second kappa shape index (κ2) is 7.15. The molecule has 1 saturated heterocycles. The number of carbonyl (C=O) groups is 1. The molecule has 1 heterocycles. The van der Waals surface area contributed by atoms with Gasteiger partial charge in [-0.15, -0.1) is 0 Å². The molecule has 0 aromatic heterocycles. The van der Waals surface area contributed by atoms with Crippen molar-refractivity contribution in [3.05, 3.63) is 0 Å². The van der Waals surface area contributed by atoms with Gasteiger partial charge >= 0.3 is 5.97 Å². The third kappa shape index (κ3) is 5.03. The van der Waals surface area contributed by atoms with E-state index in [4.69, 9.17) is 15.9 Å². The predicted molar refractivity (Wildman–Crippen MR) is 69.1 cm³/mol. The van der Waals surface area contributed by atoms with Crippen LogP contribution >= 0.6 is 0 Å². The van der Waals surface area contributed by atoms with E-state index < -0.39 is 22.0 Å². The van der Waals surface area contributed by atoms with Crippen LogP contribution in [0.1, 0.15) is 6.42 Å². The van der Waals surface area contributed by atoms with E-state index in [-0.39, 0.29) is 18.8 Å². The van der Waals surface area contributed by atoms with E-state index in [1.54, 1.807) is 0 Å². The number of piperazine rings is 1. The number of aliphatic carboxylic acids is 1. The van der Waals surface area contributed by atoms with Crippen LogP contribution in [-0.2, 0) is 14.8 Å². The normalized spacial score (nSPS) is 20.3. The van der Waals surface area contributed by atoms with Gasteiger partial charge < -0.3 is 15.9 Å². The van der Waals surface area contributed by atoms with Gasteiger partial charge in [0.2, 0.25) is 10.0 Å². The van der Waals surface area contributed by atoms with Crippen LogP contribution < -0.4 is 5.73 Å². The SMILES string of the molecule is N[C@@H](CCS(=O)(=O)N1CCN(CCO)CC1)C(=O)O. The van der Waals surface area contributed by atoms with E-state index in [2.05, 4.69) is 0 Å². The summed E-state index contributed by atoms with van der Waals surface area (Å²) in [7, 11) is -3.45. The third-order valence-electron chi connectivity index (χ3n) is 3.14. The minimum absolute atomic E-state index is 0.0558. The largest absolute Gasteiger partial charge is 0.480 e. The maximum absolute atomic E-state index is 12.0. The first-order valence-corrected chi connectivity index (χ1v) is 7.77. The van der Waals surface area contributed by atoms with E-state index >= 15 is 0 Å². The van der Waals surface area contributed by atoms with Gasteiger partial charge in [0.15, 0.2) is 0 Å². The topological polar surface area (TPSA) is 124 Å². The molecule has 1 aliphatic rings. The van der Waals surface area contributed by atoms with Crippen molar-refractivity contribution in [1.29, 1.82) is 0 Å². The zero-order chi connectivity index (χ0) is 14.5. The monoisotopic (exact) mass is 295 g/mol. The molecule has 0 aliphatic carbocycles. The van der Waals surface area contributed by atoms with Crippen LogP contribution in [0.15, 0.2) is 0 Å². The molecule has 4 N–H and O–H groups in total. The maximum Gasteiger partial charge on any atom is 0.320 e. The van der Waals surface area contributed by atoms with Crippen molar-refractivity contribution >= 4 is 16.0 Å². The Morgan fingerprint density at radius 1 is 1.26 bits per heavy atom. The molecule has 1 fully saturated rings. The Morgan fingerprint density at radius 2 is 1.84 bits per heavy atom. The molecule has 1 atom stereocenters. The highest BCUT2D eigenvalue weighted by Gasteiger charge is 2.27. The summed E-state index contributed by atoms with van der Waals surface area (Å²) in [4.78, 5) is 12.5. The van der Waals surface area contributed by atoms with Crippen LogP contribution in [0.4, 0.5) is 0 Å². The van der Waals surface area contributed by atoms with Crippen LogP contribution in [0.2, 0.25) is 0 Å². The van der Waals surface area contributed by atoms with Gasteiger partial charge in [-0.3, -0.25) is 9.69 Å². The summed E-state index contributed by atoms with van der Waals surface area (Å²) >= 11 is 0. The molecule has 0 unspecified atom stereocenters. The summed E-state index contributed by atoms with van der Waals surface area (Å²) in [6.07, 6.45) is -0.0888.